The first kappa shape index (κ1) is 21.9. The summed E-state index contributed by atoms with van der Waals surface area (Å²) >= 11 is 0. The quantitative estimate of drug-likeness (QED) is 0.193. The largest absolute Gasteiger partial charge is 0.497 e. The number of ether oxygens (including phenoxy) is 1. The molecule has 0 bridgehead atoms. The third-order valence-corrected chi connectivity index (χ3v) is 6.12. The second kappa shape index (κ2) is 8.80. The molecule has 1 N–H and O–H groups in total. The van der Waals surface area contributed by atoms with E-state index in [0.29, 0.717) is 23.7 Å². The Morgan fingerprint density at radius 3 is 2.69 bits per heavy atom. The number of rotatable bonds is 6. The number of nitrogens with one attached hydrogen (secondary N) is 1. The predicted molar refractivity (Wildman–Crippen MR) is 135 cm³/mol. The van der Waals surface area contributed by atoms with Gasteiger partial charge in [-0.2, -0.15) is 5.26 Å². The minimum atomic E-state index is -0.402. The maximum Gasteiger partial charge on any atom is 0.269 e. The van der Waals surface area contributed by atoms with Crippen molar-refractivity contribution < 1.29 is 9.66 Å². The Bertz CT molecular complexity index is 1650. The van der Waals surface area contributed by atoms with E-state index in [4.69, 9.17) is 4.74 Å². The number of imidazole rings is 1. The molecule has 0 atom stereocenters. The highest BCUT2D eigenvalue weighted by molar-refractivity contribution is 5.99. The van der Waals surface area contributed by atoms with E-state index in [1.165, 1.54) is 12.1 Å². The third-order valence-electron chi connectivity index (χ3n) is 6.12. The molecular formula is C27H21N5O3. The molecule has 8 heteroatoms. The summed E-state index contributed by atoms with van der Waals surface area (Å²) < 4.78 is 7.44. The summed E-state index contributed by atoms with van der Waals surface area (Å²) in [7, 11) is 1.61. The van der Waals surface area contributed by atoms with Crippen LogP contribution in [0, 0.1) is 28.4 Å². The van der Waals surface area contributed by atoms with Crippen molar-refractivity contribution in [2.45, 2.75) is 13.5 Å². The number of nitriles is 1. The van der Waals surface area contributed by atoms with E-state index < -0.39 is 4.92 Å². The van der Waals surface area contributed by atoms with Crippen LogP contribution in [0.15, 0.2) is 66.7 Å². The maximum absolute atomic E-state index is 11.0. The first-order valence-electron chi connectivity index (χ1n) is 11.0. The van der Waals surface area contributed by atoms with Gasteiger partial charge in [-0.3, -0.25) is 10.1 Å². The zero-order valence-electron chi connectivity index (χ0n) is 19.1. The van der Waals surface area contributed by atoms with Crippen molar-refractivity contribution in [3.8, 4) is 11.8 Å². The zero-order valence-corrected chi connectivity index (χ0v) is 19.1. The van der Waals surface area contributed by atoms with Gasteiger partial charge in [0, 0.05) is 46.9 Å². The Hall–Kier alpha value is -4.90. The first-order chi connectivity index (χ1) is 17.0. The fourth-order valence-corrected chi connectivity index (χ4v) is 4.29. The summed E-state index contributed by atoms with van der Waals surface area (Å²) in [5.41, 5.74) is 5.89. The van der Waals surface area contributed by atoms with E-state index in [1.54, 1.807) is 19.2 Å². The van der Waals surface area contributed by atoms with Gasteiger partial charge in [0.15, 0.2) is 0 Å². The highest BCUT2D eigenvalue weighted by Crippen LogP contribution is 2.31. The lowest BCUT2D eigenvalue weighted by Crippen LogP contribution is -2.02. The minimum Gasteiger partial charge on any atom is -0.497 e. The highest BCUT2D eigenvalue weighted by Gasteiger charge is 2.16. The van der Waals surface area contributed by atoms with Crippen LogP contribution >= 0.6 is 0 Å². The van der Waals surface area contributed by atoms with Crippen LogP contribution in [-0.2, 0) is 6.54 Å². The van der Waals surface area contributed by atoms with Crippen molar-refractivity contribution in [3.63, 3.8) is 0 Å². The van der Waals surface area contributed by atoms with Gasteiger partial charge in [0.2, 0.25) is 0 Å². The molecule has 0 fully saturated rings. The van der Waals surface area contributed by atoms with E-state index in [2.05, 4.69) is 20.6 Å². The number of nitro benzene ring substituents is 1. The van der Waals surface area contributed by atoms with Crippen LogP contribution in [0.2, 0.25) is 0 Å². The molecule has 0 saturated heterocycles. The molecule has 0 unspecified atom stereocenters. The van der Waals surface area contributed by atoms with Crippen LogP contribution in [0.1, 0.15) is 22.6 Å². The Balaban J connectivity index is 1.59. The molecule has 5 aromatic rings. The van der Waals surface area contributed by atoms with Crippen LogP contribution in [0.3, 0.4) is 0 Å². The Morgan fingerprint density at radius 2 is 1.97 bits per heavy atom. The Morgan fingerprint density at radius 1 is 1.20 bits per heavy atom. The smallest absolute Gasteiger partial charge is 0.269 e. The number of H-pyrrole nitrogens is 1. The van der Waals surface area contributed by atoms with Gasteiger partial charge in [-0.25, -0.2) is 4.98 Å². The van der Waals surface area contributed by atoms with Crippen molar-refractivity contribution in [1.82, 2.24) is 14.5 Å². The van der Waals surface area contributed by atoms with E-state index >= 15 is 0 Å². The second-order valence-corrected chi connectivity index (χ2v) is 8.16. The number of non-ortho nitro benzene ring substituents is 1. The number of aromatic amines is 1. The molecule has 0 aliphatic rings. The molecule has 3 aromatic carbocycles. The molecule has 0 spiro atoms. The van der Waals surface area contributed by atoms with Crippen LogP contribution in [0.5, 0.6) is 5.75 Å². The zero-order chi connectivity index (χ0) is 24.5. The van der Waals surface area contributed by atoms with Gasteiger partial charge in [0.25, 0.3) is 5.69 Å². The molecule has 0 amide bonds. The normalized spacial score (nSPS) is 11.6. The van der Waals surface area contributed by atoms with E-state index in [9.17, 15) is 15.4 Å². The van der Waals surface area contributed by atoms with Gasteiger partial charge < -0.3 is 14.3 Å². The summed E-state index contributed by atoms with van der Waals surface area (Å²) in [5, 5.41) is 22.0. The molecule has 0 saturated carbocycles. The Labute approximate surface area is 200 Å². The van der Waals surface area contributed by atoms with E-state index in [0.717, 1.165) is 38.8 Å². The summed E-state index contributed by atoms with van der Waals surface area (Å²) in [4.78, 5) is 18.4. The van der Waals surface area contributed by atoms with Crippen molar-refractivity contribution in [1.29, 1.82) is 5.26 Å². The molecule has 35 heavy (non-hydrogen) atoms. The molecule has 2 aromatic heterocycles. The Kier molecular flexibility index (Phi) is 5.51. The van der Waals surface area contributed by atoms with Crippen molar-refractivity contribution >= 4 is 39.3 Å². The van der Waals surface area contributed by atoms with E-state index in [1.807, 2.05) is 55.5 Å². The minimum absolute atomic E-state index is 0.0635. The van der Waals surface area contributed by atoms with Gasteiger partial charge in [-0.1, -0.05) is 30.3 Å². The predicted octanol–water partition coefficient (Wildman–Crippen LogP) is 5.86. The van der Waals surface area contributed by atoms with Gasteiger partial charge in [-0.15, -0.1) is 0 Å². The number of fused-ring (bicyclic) bond motifs is 2. The van der Waals surface area contributed by atoms with Gasteiger partial charge >= 0.3 is 0 Å². The maximum atomic E-state index is 11.0. The monoisotopic (exact) mass is 463 g/mol. The molecule has 0 aliphatic heterocycles. The fourth-order valence-electron chi connectivity index (χ4n) is 4.29. The topological polar surface area (TPSA) is 110 Å². The number of para-hydroxylation sites is 1. The molecule has 2 heterocycles. The number of hydrogen-bond donors (Lipinski definition) is 1. The first-order valence-corrected chi connectivity index (χ1v) is 11.0. The molecule has 172 valence electrons. The van der Waals surface area contributed by atoms with Crippen molar-refractivity contribution in [2.75, 3.05) is 7.11 Å². The summed E-state index contributed by atoms with van der Waals surface area (Å²) in [6.07, 6.45) is 1.86. The summed E-state index contributed by atoms with van der Waals surface area (Å²) in [5.74, 6) is 1.20. The number of nitrogens with zero attached hydrogens (tertiary/aromatic N) is 4. The molecule has 5 rings (SSSR count). The molecule has 8 nitrogen and oxygen atoms in total. The molecule has 0 radical (unpaired) electrons. The number of nitro groups is 1. The fraction of sp³-hybridized carbons (Fsp3) is 0.111. The highest BCUT2D eigenvalue weighted by atomic mass is 16.6. The van der Waals surface area contributed by atoms with Crippen LogP contribution in [0.4, 0.5) is 5.69 Å². The number of aromatic nitrogens is 3. The number of benzene rings is 3. The third kappa shape index (κ3) is 4.00. The van der Waals surface area contributed by atoms with Crippen LogP contribution in [-0.4, -0.2) is 26.6 Å². The van der Waals surface area contributed by atoms with Gasteiger partial charge in [0.1, 0.15) is 17.6 Å². The molecule has 0 aliphatic carbocycles. The average molecular weight is 463 g/mol. The number of allylic oxidation sites excluding steroid dienone is 1. The second-order valence-electron chi connectivity index (χ2n) is 8.16. The summed E-state index contributed by atoms with van der Waals surface area (Å²) in [6, 6.07) is 22.4. The van der Waals surface area contributed by atoms with Crippen molar-refractivity contribution in [2.24, 2.45) is 0 Å². The number of hydrogen-bond acceptors (Lipinski definition) is 5. The van der Waals surface area contributed by atoms with Crippen molar-refractivity contribution in [3.05, 3.63) is 99.5 Å². The summed E-state index contributed by atoms with van der Waals surface area (Å²) in [6.45, 7) is 2.56. The lowest BCUT2D eigenvalue weighted by Gasteiger charge is -2.09. The van der Waals surface area contributed by atoms with Crippen LogP contribution < -0.4 is 4.74 Å². The lowest BCUT2D eigenvalue weighted by molar-refractivity contribution is -0.384. The lowest BCUT2D eigenvalue weighted by atomic mass is 10.1. The van der Waals surface area contributed by atoms with Crippen LogP contribution in [0.25, 0.3) is 33.6 Å². The SMILES string of the molecule is COc1ccc2nc(/C(C#N)=C\c3c(C)n(Cc4ccc([N+](=O)[O-])cc4)c4ccccc34)[nH]c2c1. The van der Waals surface area contributed by atoms with Gasteiger partial charge in [0.05, 0.1) is 28.6 Å². The standard InChI is InChI=1S/C27H21N5O3/c1-17-23(13-19(15-28)27-29-24-12-11-21(35-2)14-25(24)30-27)22-5-3-4-6-26(22)31(17)16-18-7-9-20(10-8-18)32(33)34/h3-14H,16H2,1-2H3,(H,29,30)/b19-13-. The number of methoxy groups -OCH3 is 1. The average Bonchev–Trinajstić information content (AvgIpc) is 3.41. The van der Waals surface area contributed by atoms with Gasteiger partial charge in [-0.05, 0) is 36.8 Å². The van der Waals surface area contributed by atoms with E-state index in [-0.39, 0.29) is 5.69 Å². The molecular weight excluding hydrogens is 442 g/mol.